The number of halogens is 1. The van der Waals surface area contributed by atoms with Gasteiger partial charge in [-0.05, 0) is 12.0 Å². The zero-order valence-corrected chi connectivity index (χ0v) is 9.51. The van der Waals surface area contributed by atoms with E-state index < -0.39 is 0 Å². The molecule has 2 nitrogen and oxygen atoms in total. The van der Waals surface area contributed by atoms with E-state index in [9.17, 15) is 0 Å². The van der Waals surface area contributed by atoms with Gasteiger partial charge in [0.05, 0.1) is 10.7 Å². The molecule has 78 valence electrons. The first-order valence-electron chi connectivity index (χ1n) is 5.11. The van der Waals surface area contributed by atoms with Crippen LogP contribution in [0.4, 0.5) is 5.69 Å². The van der Waals surface area contributed by atoms with Crippen molar-refractivity contribution in [3.63, 3.8) is 0 Å². The summed E-state index contributed by atoms with van der Waals surface area (Å²) in [6.45, 7) is 5.41. The Morgan fingerprint density at radius 2 is 2.14 bits per heavy atom. The Morgan fingerprint density at radius 1 is 1.43 bits per heavy atom. The Kier molecular flexibility index (Phi) is 4.74. The van der Waals surface area contributed by atoms with Crippen LogP contribution in [-0.2, 0) is 0 Å². The van der Waals surface area contributed by atoms with Crippen molar-refractivity contribution in [2.45, 2.75) is 26.7 Å². The van der Waals surface area contributed by atoms with Gasteiger partial charge < -0.3 is 5.32 Å². The average molecular weight is 213 g/mol. The Bertz CT molecular complexity index is 272. The van der Waals surface area contributed by atoms with E-state index in [2.05, 4.69) is 24.1 Å². The highest BCUT2D eigenvalue weighted by molar-refractivity contribution is 6.33. The van der Waals surface area contributed by atoms with E-state index in [1.807, 2.05) is 6.07 Å². The molecule has 0 amide bonds. The first-order chi connectivity index (χ1) is 6.77. The summed E-state index contributed by atoms with van der Waals surface area (Å²) in [5, 5.41) is 4.04. The second-order valence-corrected chi connectivity index (χ2v) is 3.83. The number of rotatable bonds is 5. The maximum absolute atomic E-state index is 5.97. The first-order valence-corrected chi connectivity index (χ1v) is 5.49. The predicted octanol–water partition coefficient (Wildman–Crippen LogP) is 3.58. The molecule has 0 aliphatic carbocycles. The van der Waals surface area contributed by atoms with E-state index in [1.54, 1.807) is 12.4 Å². The Labute approximate surface area is 90.7 Å². The fourth-order valence-electron chi connectivity index (χ4n) is 1.35. The zero-order valence-electron chi connectivity index (χ0n) is 8.76. The lowest BCUT2D eigenvalue weighted by molar-refractivity contribution is 0.519. The summed E-state index contributed by atoms with van der Waals surface area (Å²) in [7, 11) is 0. The van der Waals surface area contributed by atoms with Crippen LogP contribution in [0.25, 0.3) is 0 Å². The molecule has 0 bridgehead atoms. The normalized spacial score (nSPS) is 10.6. The van der Waals surface area contributed by atoms with Crippen LogP contribution in [0.2, 0.25) is 5.02 Å². The van der Waals surface area contributed by atoms with E-state index in [1.165, 1.54) is 12.8 Å². The minimum Gasteiger partial charge on any atom is -0.383 e. The molecule has 0 aromatic carbocycles. The molecule has 0 fully saturated rings. The quantitative estimate of drug-likeness (QED) is 0.807. The Hall–Kier alpha value is -0.760. The summed E-state index contributed by atoms with van der Waals surface area (Å²) in [6.07, 6.45) is 5.82. The highest BCUT2D eigenvalue weighted by atomic mass is 35.5. The van der Waals surface area contributed by atoms with Crippen LogP contribution in [0.1, 0.15) is 26.7 Å². The molecule has 1 heterocycles. The van der Waals surface area contributed by atoms with Gasteiger partial charge in [-0.15, -0.1) is 0 Å². The first kappa shape index (κ1) is 11.3. The molecule has 1 N–H and O–H groups in total. The Morgan fingerprint density at radius 3 is 2.71 bits per heavy atom. The summed E-state index contributed by atoms with van der Waals surface area (Å²) < 4.78 is 0. The molecule has 0 aliphatic heterocycles. The van der Waals surface area contributed by atoms with Gasteiger partial charge in [-0.3, -0.25) is 4.98 Å². The highest BCUT2D eigenvalue weighted by Gasteiger charge is 2.04. The van der Waals surface area contributed by atoms with Crippen molar-refractivity contribution < 1.29 is 0 Å². The van der Waals surface area contributed by atoms with Crippen LogP contribution >= 0.6 is 11.6 Å². The molecule has 0 saturated heterocycles. The lowest BCUT2D eigenvalue weighted by Crippen LogP contribution is -2.12. The van der Waals surface area contributed by atoms with Crippen LogP contribution in [0, 0.1) is 5.92 Å². The number of nitrogens with zero attached hydrogens (tertiary/aromatic N) is 1. The lowest BCUT2D eigenvalue weighted by atomic mass is 10.0. The Balaban J connectivity index is 2.49. The summed E-state index contributed by atoms with van der Waals surface area (Å²) in [5.74, 6) is 0.722. The van der Waals surface area contributed by atoms with Crippen LogP contribution in [0.5, 0.6) is 0 Å². The fraction of sp³-hybridized carbons (Fsp3) is 0.545. The van der Waals surface area contributed by atoms with Crippen molar-refractivity contribution in [1.29, 1.82) is 0 Å². The maximum Gasteiger partial charge on any atom is 0.0820 e. The molecule has 14 heavy (non-hydrogen) atoms. The molecule has 1 aromatic heterocycles. The highest BCUT2D eigenvalue weighted by Crippen LogP contribution is 2.20. The molecule has 0 saturated carbocycles. The standard InChI is InChI=1S/C11H17ClN2/c1-3-9(4-2)7-14-11-5-6-13-8-10(11)12/h5-6,8-9H,3-4,7H2,1-2H3,(H,13,14). The molecular formula is C11H17ClN2. The van der Waals surface area contributed by atoms with Crippen molar-refractivity contribution >= 4 is 17.3 Å². The smallest absolute Gasteiger partial charge is 0.0820 e. The third-order valence-electron chi connectivity index (χ3n) is 2.51. The minimum atomic E-state index is 0.693. The van der Waals surface area contributed by atoms with Gasteiger partial charge in [0.1, 0.15) is 0 Å². The van der Waals surface area contributed by atoms with Gasteiger partial charge in [0, 0.05) is 18.9 Å². The third-order valence-corrected chi connectivity index (χ3v) is 2.81. The fourth-order valence-corrected chi connectivity index (χ4v) is 1.54. The van der Waals surface area contributed by atoms with E-state index in [4.69, 9.17) is 11.6 Å². The molecule has 0 aliphatic rings. The largest absolute Gasteiger partial charge is 0.383 e. The molecule has 0 atom stereocenters. The predicted molar refractivity (Wildman–Crippen MR) is 61.8 cm³/mol. The van der Waals surface area contributed by atoms with E-state index in [0.717, 1.165) is 18.2 Å². The van der Waals surface area contributed by atoms with Crippen molar-refractivity contribution in [2.75, 3.05) is 11.9 Å². The number of aromatic nitrogens is 1. The van der Waals surface area contributed by atoms with Crippen LogP contribution < -0.4 is 5.32 Å². The lowest BCUT2D eigenvalue weighted by Gasteiger charge is -2.14. The number of anilines is 1. The van der Waals surface area contributed by atoms with E-state index >= 15 is 0 Å². The van der Waals surface area contributed by atoms with Gasteiger partial charge >= 0.3 is 0 Å². The van der Waals surface area contributed by atoms with Crippen molar-refractivity contribution in [3.05, 3.63) is 23.5 Å². The molecule has 0 unspecified atom stereocenters. The SMILES string of the molecule is CCC(CC)CNc1ccncc1Cl. The summed E-state index contributed by atoms with van der Waals surface area (Å²) in [4.78, 5) is 3.94. The molecule has 0 radical (unpaired) electrons. The van der Waals surface area contributed by atoms with Gasteiger partial charge in [0.25, 0.3) is 0 Å². The number of hydrogen-bond donors (Lipinski definition) is 1. The molecule has 1 rings (SSSR count). The van der Waals surface area contributed by atoms with Crippen LogP contribution in [-0.4, -0.2) is 11.5 Å². The van der Waals surface area contributed by atoms with Gasteiger partial charge in [-0.25, -0.2) is 0 Å². The zero-order chi connectivity index (χ0) is 10.4. The number of nitrogens with one attached hydrogen (secondary N) is 1. The average Bonchev–Trinajstić information content (AvgIpc) is 2.22. The maximum atomic E-state index is 5.97. The summed E-state index contributed by atoms with van der Waals surface area (Å²) in [6, 6.07) is 1.91. The number of hydrogen-bond acceptors (Lipinski definition) is 2. The second-order valence-electron chi connectivity index (χ2n) is 3.42. The molecule has 0 spiro atoms. The van der Waals surface area contributed by atoms with Crippen molar-refractivity contribution in [2.24, 2.45) is 5.92 Å². The second kappa shape index (κ2) is 5.86. The van der Waals surface area contributed by atoms with Gasteiger partial charge in [-0.2, -0.15) is 0 Å². The van der Waals surface area contributed by atoms with E-state index in [-0.39, 0.29) is 0 Å². The van der Waals surface area contributed by atoms with Gasteiger partial charge in [-0.1, -0.05) is 38.3 Å². The van der Waals surface area contributed by atoms with Crippen LogP contribution in [0.15, 0.2) is 18.5 Å². The summed E-state index contributed by atoms with van der Waals surface area (Å²) in [5.41, 5.74) is 0.980. The van der Waals surface area contributed by atoms with Gasteiger partial charge in [0.2, 0.25) is 0 Å². The summed E-state index contributed by atoms with van der Waals surface area (Å²) >= 11 is 5.97. The van der Waals surface area contributed by atoms with Crippen LogP contribution in [0.3, 0.4) is 0 Å². The number of pyridine rings is 1. The minimum absolute atomic E-state index is 0.693. The van der Waals surface area contributed by atoms with Crippen molar-refractivity contribution in [1.82, 2.24) is 4.98 Å². The monoisotopic (exact) mass is 212 g/mol. The third kappa shape index (κ3) is 3.18. The molecule has 1 aromatic rings. The van der Waals surface area contributed by atoms with E-state index in [0.29, 0.717) is 5.02 Å². The molecule has 3 heteroatoms. The van der Waals surface area contributed by atoms with Gasteiger partial charge in [0.15, 0.2) is 0 Å². The topological polar surface area (TPSA) is 24.9 Å². The molecular weight excluding hydrogens is 196 g/mol. The van der Waals surface area contributed by atoms with Crippen molar-refractivity contribution in [3.8, 4) is 0 Å².